The third kappa shape index (κ3) is 5.84. The highest BCUT2D eigenvalue weighted by molar-refractivity contribution is 5.83. The molecule has 172 valence electrons. The molecule has 3 heterocycles. The van der Waals surface area contributed by atoms with Crippen LogP contribution in [0.15, 0.2) is 49.1 Å². The first-order valence-electron chi connectivity index (χ1n) is 11.3. The number of pyridine rings is 1. The van der Waals surface area contributed by atoms with E-state index in [9.17, 15) is 5.11 Å². The number of likely N-dealkylation sites (tertiary alicyclic amines) is 1. The summed E-state index contributed by atoms with van der Waals surface area (Å²) in [5, 5.41) is 10.8. The van der Waals surface area contributed by atoms with Crippen molar-refractivity contribution in [3.8, 4) is 17.6 Å². The summed E-state index contributed by atoms with van der Waals surface area (Å²) in [6.45, 7) is 2.38. The third-order valence-electron chi connectivity index (χ3n) is 6.40. The monoisotopic (exact) mass is 448 g/mol. The number of fused-ring (bicyclic) bond motifs is 1. The number of piperidine rings is 1. The number of halogens is 1. The predicted molar refractivity (Wildman–Crippen MR) is 125 cm³/mol. The van der Waals surface area contributed by atoms with Gasteiger partial charge in [-0.2, -0.15) is 0 Å². The molecule has 0 spiro atoms. The van der Waals surface area contributed by atoms with E-state index >= 15 is 4.39 Å². The molecule has 3 aromatic rings. The predicted octanol–water partition coefficient (Wildman–Crippen LogP) is 3.81. The van der Waals surface area contributed by atoms with Gasteiger partial charge in [0.2, 0.25) is 0 Å². The van der Waals surface area contributed by atoms with Crippen molar-refractivity contribution in [2.45, 2.75) is 25.4 Å². The van der Waals surface area contributed by atoms with Crippen molar-refractivity contribution in [3.63, 3.8) is 0 Å². The van der Waals surface area contributed by atoms with Crippen molar-refractivity contribution in [2.24, 2.45) is 11.8 Å². The van der Waals surface area contributed by atoms with Gasteiger partial charge in [-0.25, -0.2) is 9.37 Å². The number of methoxy groups -OCH3 is 1. The van der Waals surface area contributed by atoms with E-state index in [-0.39, 0.29) is 12.5 Å². The van der Waals surface area contributed by atoms with Crippen LogP contribution in [0.4, 0.5) is 4.39 Å². The molecule has 1 aliphatic rings. The van der Waals surface area contributed by atoms with E-state index in [2.05, 4.69) is 31.7 Å². The fourth-order valence-electron chi connectivity index (χ4n) is 4.55. The van der Waals surface area contributed by atoms with Crippen LogP contribution in [0.1, 0.15) is 36.7 Å². The van der Waals surface area contributed by atoms with E-state index in [1.165, 1.54) is 0 Å². The molecule has 6 nitrogen and oxygen atoms in total. The fourth-order valence-corrected chi connectivity index (χ4v) is 4.55. The maximum Gasteiger partial charge on any atom is 0.131 e. The van der Waals surface area contributed by atoms with Crippen LogP contribution in [0, 0.1) is 23.7 Å². The second-order valence-electron chi connectivity index (χ2n) is 8.45. The zero-order chi connectivity index (χ0) is 23.0. The Kier molecular flexibility index (Phi) is 7.82. The summed E-state index contributed by atoms with van der Waals surface area (Å²) in [6.07, 6.45) is 7.55. The van der Waals surface area contributed by atoms with Crippen LogP contribution in [0.5, 0.6) is 5.75 Å². The average molecular weight is 449 g/mol. The van der Waals surface area contributed by atoms with Gasteiger partial charge in [-0.05, 0) is 73.4 Å². The third-order valence-corrected chi connectivity index (χ3v) is 6.40. The summed E-state index contributed by atoms with van der Waals surface area (Å²) in [5.74, 6) is 7.28. The van der Waals surface area contributed by atoms with Crippen LogP contribution in [0.25, 0.3) is 10.9 Å². The molecule has 0 amide bonds. The van der Waals surface area contributed by atoms with Gasteiger partial charge >= 0.3 is 0 Å². The minimum atomic E-state index is -1.09. The van der Waals surface area contributed by atoms with Gasteiger partial charge in [0.05, 0.1) is 25.4 Å². The number of aliphatic hydroxyl groups excluding tert-OH is 1. The van der Waals surface area contributed by atoms with Gasteiger partial charge in [-0.1, -0.05) is 5.92 Å². The Labute approximate surface area is 193 Å². The largest absolute Gasteiger partial charge is 0.497 e. The maximum absolute atomic E-state index is 15.3. The van der Waals surface area contributed by atoms with Crippen molar-refractivity contribution in [3.05, 3.63) is 60.3 Å². The number of aromatic nitrogens is 3. The lowest BCUT2D eigenvalue weighted by molar-refractivity contribution is 0.0708. The second kappa shape index (κ2) is 11.2. The topological polar surface area (TPSA) is 71.4 Å². The van der Waals surface area contributed by atoms with Gasteiger partial charge in [0.1, 0.15) is 17.6 Å². The molecule has 33 heavy (non-hydrogen) atoms. The Hall–Kier alpha value is -3.08. The SMILES string of the molecule is COc1ccc2nccc([C@@H](F)CC[C@@H]3CCN(CC#Cc4cnccn4)C[C@@H]3CO)c2c1. The first-order chi connectivity index (χ1) is 16.2. The zero-order valence-corrected chi connectivity index (χ0v) is 18.8. The quantitative estimate of drug-likeness (QED) is 0.555. The number of hydrogen-bond donors (Lipinski definition) is 1. The molecular weight excluding hydrogens is 419 g/mol. The summed E-state index contributed by atoms with van der Waals surface area (Å²) in [6, 6.07) is 7.30. The number of alkyl halides is 1. The van der Waals surface area contributed by atoms with Gasteiger partial charge in [0.15, 0.2) is 0 Å². The highest BCUT2D eigenvalue weighted by atomic mass is 19.1. The lowest BCUT2D eigenvalue weighted by atomic mass is 9.81. The van der Waals surface area contributed by atoms with Gasteiger partial charge in [-0.15, -0.1) is 0 Å². The molecule has 4 rings (SSSR count). The minimum Gasteiger partial charge on any atom is -0.497 e. The minimum absolute atomic E-state index is 0.102. The zero-order valence-electron chi connectivity index (χ0n) is 18.8. The van der Waals surface area contributed by atoms with E-state index in [1.54, 1.807) is 38.0 Å². The molecule has 1 N–H and O–H groups in total. The molecule has 0 saturated carbocycles. The van der Waals surface area contributed by atoms with Crippen LogP contribution < -0.4 is 4.74 Å². The summed E-state index contributed by atoms with van der Waals surface area (Å²) >= 11 is 0. The van der Waals surface area contributed by atoms with Gasteiger partial charge in [-0.3, -0.25) is 14.9 Å². The first-order valence-corrected chi connectivity index (χ1v) is 11.3. The molecule has 1 aliphatic heterocycles. The standard InChI is InChI=1S/C26H29FN4O2/c1-33-22-5-7-26-24(15-22)23(8-10-30-26)25(27)6-4-19-9-14-31(17-20(19)18-32)13-2-3-21-16-28-11-12-29-21/h5,7-8,10-12,15-16,19-20,25,32H,4,6,9,13-14,17-18H2,1H3/t19-,20-,25+/m1/s1. The lowest BCUT2D eigenvalue weighted by Gasteiger charge is -2.37. The number of ether oxygens (including phenoxy) is 1. The Morgan fingerprint density at radius 2 is 2.12 bits per heavy atom. The molecule has 7 heteroatoms. The molecule has 0 aliphatic carbocycles. The van der Waals surface area contributed by atoms with Gasteiger partial charge in [0.25, 0.3) is 0 Å². The number of hydrogen-bond acceptors (Lipinski definition) is 6. The number of nitrogens with zero attached hydrogens (tertiary/aromatic N) is 4. The van der Waals surface area contributed by atoms with Crippen LogP contribution in [-0.4, -0.2) is 58.3 Å². The average Bonchev–Trinajstić information content (AvgIpc) is 2.87. The molecule has 1 fully saturated rings. The molecule has 2 aromatic heterocycles. The molecule has 3 atom stereocenters. The lowest BCUT2D eigenvalue weighted by Crippen LogP contribution is -2.42. The van der Waals surface area contributed by atoms with Crippen molar-refractivity contribution in [1.29, 1.82) is 0 Å². The number of benzene rings is 1. The van der Waals surface area contributed by atoms with Crippen LogP contribution in [0.3, 0.4) is 0 Å². The van der Waals surface area contributed by atoms with Crippen LogP contribution in [-0.2, 0) is 0 Å². The summed E-state index contributed by atoms with van der Waals surface area (Å²) in [7, 11) is 1.60. The fraction of sp³-hybridized carbons (Fsp3) is 0.423. The van der Waals surface area contributed by atoms with Crippen LogP contribution in [0.2, 0.25) is 0 Å². The first kappa shape index (κ1) is 23.1. The highest BCUT2D eigenvalue weighted by Gasteiger charge is 2.29. The van der Waals surface area contributed by atoms with Crippen molar-refractivity contribution in [1.82, 2.24) is 19.9 Å². The van der Waals surface area contributed by atoms with Gasteiger partial charge in [0, 0.05) is 37.1 Å². The van der Waals surface area contributed by atoms with Gasteiger partial charge < -0.3 is 9.84 Å². The Morgan fingerprint density at radius 3 is 2.91 bits per heavy atom. The Balaban J connectivity index is 1.34. The summed E-state index contributed by atoms with van der Waals surface area (Å²) in [5.41, 5.74) is 2.07. The van der Waals surface area contributed by atoms with Crippen LogP contribution >= 0.6 is 0 Å². The smallest absolute Gasteiger partial charge is 0.131 e. The number of aliphatic hydroxyl groups is 1. The molecule has 1 saturated heterocycles. The van der Waals surface area contributed by atoms with Crippen molar-refractivity contribution < 1.29 is 14.2 Å². The van der Waals surface area contributed by atoms with Crippen molar-refractivity contribution >= 4 is 10.9 Å². The van der Waals surface area contributed by atoms with Crippen molar-refractivity contribution in [2.75, 3.05) is 33.4 Å². The molecule has 0 radical (unpaired) electrons. The summed E-state index contributed by atoms with van der Waals surface area (Å²) in [4.78, 5) is 14.8. The van der Waals surface area contributed by atoms with E-state index in [0.29, 0.717) is 35.9 Å². The Bertz CT molecular complexity index is 1120. The molecule has 0 bridgehead atoms. The molecular formula is C26H29FN4O2. The molecule has 0 unspecified atom stereocenters. The Morgan fingerprint density at radius 1 is 1.21 bits per heavy atom. The second-order valence-corrected chi connectivity index (χ2v) is 8.45. The normalized spacial score (nSPS) is 19.6. The molecule has 1 aromatic carbocycles. The van der Waals surface area contributed by atoms with E-state index in [0.717, 1.165) is 36.8 Å². The van der Waals surface area contributed by atoms with E-state index in [4.69, 9.17) is 4.74 Å². The highest BCUT2D eigenvalue weighted by Crippen LogP contribution is 2.35. The maximum atomic E-state index is 15.3. The number of rotatable bonds is 7. The van der Waals surface area contributed by atoms with E-state index < -0.39 is 6.17 Å². The summed E-state index contributed by atoms with van der Waals surface area (Å²) < 4.78 is 20.6. The van der Waals surface area contributed by atoms with E-state index in [1.807, 2.05) is 18.2 Å².